The molecule has 0 N–H and O–H groups in total. The standard InChI is InChI=1S/C17H13F3O4/c18-17(19,20)12-3-1-2-11(8-12)14-6-7-15(24-14)16(22)23-9-13(21)10-4-5-10/h1-3,6-8,10H,4-5,9H2. The summed E-state index contributed by atoms with van der Waals surface area (Å²) in [7, 11) is 0. The van der Waals surface area contributed by atoms with E-state index in [1.54, 1.807) is 0 Å². The van der Waals surface area contributed by atoms with Crippen LogP contribution in [0.4, 0.5) is 13.2 Å². The summed E-state index contributed by atoms with van der Waals surface area (Å²) in [6, 6.07) is 7.27. The molecule has 1 aliphatic rings. The number of carbonyl (C=O) groups is 2. The maximum Gasteiger partial charge on any atom is 0.416 e. The van der Waals surface area contributed by atoms with Gasteiger partial charge in [0.15, 0.2) is 12.4 Å². The number of Topliss-reactive ketones (excluding diaryl/α,β-unsaturated/α-hetero) is 1. The van der Waals surface area contributed by atoms with Gasteiger partial charge in [0.2, 0.25) is 5.76 Å². The van der Waals surface area contributed by atoms with Crippen LogP contribution in [0.25, 0.3) is 11.3 Å². The van der Waals surface area contributed by atoms with E-state index in [4.69, 9.17) is 9.15 Å². The van der Waals surface area contributed by atoms with Crippen LogP contribution in [0, 0.1) is 5.92 Å². The highest BCUT2D eigenvalue weighted by Gasteiger charge is 2.31. The van der Waals surface area contributed by atoms with Crippen LogP contribution in [0.1, 0.15) is 29.0 Å². The van der Waals surface area contributed by atoms with Gasteiger partial charge in [-0.05, 0) is 37.1 Å². The average Bonchev–Trinajstić information content (AvgIpc) is 3.28. The minimum Gasteiger partial charge on any atom is -0.452 e. The summed E-state index contributed by atoms with van der Waals surface area (Å²) < 4.78 is 48.3. The molecule has 0 aliphatic heterocycles. The van der Waals surface area contributed by atoms with Gasteiger partial charge < -0.3 is 9.15 Å². The Morgan fingerprint density at radius 1 is 1.17 bits per heavy atom. The second-order valence-corrected chi connectivity index (χ2v) is 5.56. The molecule has 1 aromatic heterocycles. The van der Waals surface area contributed by atoms with Gasteiger partial charge in [0.25, 0.3) is 0 Å². The molecule has 0 amide bonds. The average molecular weight is 338 g/mol. The lowest BCUT2D eigenvalue weighted by atomic mass is 10.1. The SMILES string of the molecule is O=C(OCC(=O)C1CC1)c1ccc(-c2cccc(C(F)(F)F)c2)o1. The molecule has 0 saturated heterocycles. The molecule has 1 aromatic carbocycles. The molecule has 126 valence electrons. The molecule has 1 saturated carbocycles. The number of halogens is 3. The fraction of sp³-hybridized carbons (Fsp3) is 0.294. The number of alkyl halides is 3. The van der Waals surface area contributed by atoms with Crippen LogP contribution in [0.15, 0.2) is 40.8 Å². The Bertz CT molecular complexity index is 772. The summed E-state index contributed by atoms with van der Waals surface area (Å²) in [5.74, 6) is -1.02. The van der Waals surface area contributed by atoms with Crippen molar-refractivity contribution in [2.75, 3.05) is 6.61 Å². The van der Waals surface area contributed by atoms with E-state index in [0.717, 1.165) is 25.0 Å². The molecule has 1 heterocycles. The van der Waals surface area contributed by atoms with Gasteiger partial charge in [0.1, 0.15) is 5.76 Å². The molecular formula is C17H13F3O4. The van der Waals surface area contributed by atoms with E-state index in [2.05, 4.69) is 0 Å². The van der Waals surface area contributed by atoms with Crippen LogP contribution in [-0.2, 0) is 15.7 Å². The topological polar surface area (TPSA) is 56.5 Å². The molecule has 0 atom stereocenters. The van der Waals surface area contributed by atoms with Crippen LogP contribution < -0.4 is 0 Å². The summed E-state index contributed by atoms with van der Waals surface area (Å²) in [4.78, 5) is 23.3. The highest BCUT2D eigenvalue weighted by molar-refractivity contribution is 5.91. The Hall–Kier alpha value is -2.57. The number of rotatable bonds is 5. The third-order valence-electron chi connectivity index (χ3n) is 3.66. The molecule has 0 bridgehead atoms. The monoisotopic (exact) mass is 338 g/mol. The molecule has 0 unspecified atom stereocenters. The van der Waals surface area contributed by atoms with Crippen molar-refractivity contribution in [1.82, 2.24) is 0 Å². The van der Waals surface area contributed by atoms with Crippen LogP contribution in [0.5, 0.6) is 0 Å². The van der Waals surface area contributed by atoms with Crippen LogP contribution >= 0.6 is 0 Å². The Morgan fingerprint density at radius 2 is 1.92 bits per heavy atom. The number of ketones is 1. The van der Waals surface area contributed by atoms with Crippen LogP contribution in [0.2, 0.25) is 0 Å². The first-order chi connectivity index (χ1) is 11.3. The lowest BCUT2D eigenvalue weighted by Crippen LogP contribution is -2.14. The summed E-state index contributed by atoms with van der Waals surface area (Å²) in [5.41, 5.74) is -0.617. The van der Waals surface area contributed by atoms with Gasteiger partial charge in [-0.15, -0.1) is 0 Å². The van der Waals surface area contributed by atoms with Crippen molar-refractivity contribution < 1.29 is 31.9 Å². The highest BCUT2D eigenvalue weighted by Crippen LogP contribution is 2.33. The number of carbonyl (C=O) groups excluding carboxylic acids is 2. The molecule has 0 spiro atoms. The Kier molecular flexibility index (Phi) is 4.17. The fourth-order valence-corrected chi connectivity index (χ4v) is 2.18. The van der Waals surface area contributed by atoms with Crippen molar-refractivity contribution >= 4 is 11.8 Å². The van der Waals surface area contributed by atoms with Gasteiger partial charge in [-0.3, -0.25) is 4.79 Å². The van der Waals surface area contributed by atoms with Gasteiger partial charge in [0, 0.05) is 11.5 Å². The van der Waals surface area contributed by atoms with Crippen LogP contribution in [0.3, 0.4) is 0 Å². The maximum atomic E-state index is 12.7. The van der Waals surface area contributed by atoms with Gasteiger partial charge in [-0.2, -0.15) is 13.2 Å². The molecule has 7 heteroatoms. The number of esters is 1. The Morgan fingerprint density at radius 3 is 2.58 bits per heavy atom. The second kappa shape index (κ2) is 6.14. The molecule has 1 aliphatic carbocycles. The zero-order valence-corrected chi connectivity index (χ0v) is 12.4. The first-order valence-electron chi connectivity index (χ1n) is 7.32. The van der Waals surface area contributed by atoms with Crippen molar-refractivity contribution in [1.29, 1.82) is 0 Å². The predicted molar refractivity (Wildman–Crippen MR) is 77.2 cm³/mol. The minimum atomic E-state index is -4.46. The number of ether oxygens (including phenoxy) is 1. The zero-order valence-electron chi connectivity index (χ0n) is 12.4. The van der Waals surface area contributed by atoms with E-state index in [1.165, 1.54) is 24.3 Å². The first kappa shape index (κ1) is 16.3. The number of furan rings is 1. The van der Waals surface area contributed by atoms with Gasteiger partial charge in [0.05, 0.1) is 5.56 Å². The largest absolute Gasteiger partial charge is 0.452 e. The summed E-state index contributed by atoms with van der Waals surface area (Å²) in [6.45, 7) is -0.316. The van der Waals surface area contributed by atoms with Crippen molar-refractivity contribution in [2.45, 2.75) is 19.0 Å². The third kappa shape index (κ3) is 3.67. The molecule has 3 rings (SSSR count). The maximum absolute atomic E-state index is 12.7. The molecule has 24 heavy (non-hydrogen) atoms. The van der Waals surface area contributed by atoms with Gasteiger partial charge in [-0.25, -0.2) is 4.79 Å². The second-order valence-electron chi connectivity index (χ2n) is 5.56. The third-order valence-corrected chi connectivity index (χ3v) is 3.66. The number of benzene rings is 1. The molecule has 4 nitrogen and oxygen atoms in total. The molecule has 2 aromatic rings. The van der Waals surface area contributed by atoms with Crippen molar-refractivity contribution in [2.24, 2.45) is 5.92 Å². The fourth-order valence-electron chi connectivity index (χ4n) is 2.18. The zero-order chi connectivity index (χ0) is 17.3. The number of hydrogen-bond donors (Lipinski definition) is 0. The minimum absolute atomic E-state index is 0.0185. The lowest BCUT2D eigenvalue weighted by molar-refractivity contribution is -0.137. The Labute approximate surface area is 135 Å². The quantitative estimate of drug-likeness (QED) is 0.770. The normalized spacial score (nSPS) is 14.5. The molecule has 1 fully saturated rings. The van der Waals surface area contributed by atoms with Crippen molar-refractivity contribution in [3.63, 3.8) is 0 Å². The smallest absolute Gasteiger partial charge is 0.416 e. The van der Waals surface area contributed by atoms with Crippen molar-refractivity contribution in [3.8, 4) is 11.3 Å². The van der Waals surface area contributed by atoms with Gasteiger partial charge in [-0.1, -0.05) is 12.1 Å². The van der Waals surface area contributed by atoms with Gasteiger partial charge >= 0.3 is 12.1 Å². The Balaban J connectivity index is 1.70. The molecule has 0 radical (unpaired) electrons. The van der Waals surface area contributed by atoms with E-state index in [9.17, 15) is 22.8 Å². The van der Waals surface area contributed by atoms with E-state index in [0.29, 0.717) is 0 Å². The highest BCUT2D eigenvalue weighted by atomic mass is 19.4. The van der Waals surface area contributed by atoms with E-state index >= 15 is 0 Å². The predicted octanol–water partition coefficient (Wildman–Crippen LogP) is 4.10. The van der Waals surface area contributed by atoms with Crippen LogP contribution in [-0.4, -0.2) is 18.4 Å². The van der Waals surface area contributed by atoms with E-state index in [-0.39, 0.29) is 35.4 Å². The molecular weight excluding hydrogens is 325 g/mol. The summed E-state index contributed by atoms with van der Waals surface area (Å²) >= 11 is 0. The lowest BCUT2D eigenvalue weighted by Gasteiger charge is -2.07. The number of hydrogen-bond acceptors (Lipinski definition) is 4. The summed E-state index contributed by atoms with van der Waals surface area (Å²) in [6.07, 6.45) is -2.83. The first-order valence-corrected chi connectivity index (χ1v) is 7.32. The van der Waals surface area contributed by atoms with E-state index < -0.39 is 17.7 Å². The van der Waals surface area contributed by atoms with E-state index in [1.807, 2.05) is 0 Å². The van der Waals surface area contributed by atoms with Crippen molar-refractivity contribution in [3.05, 3.63) is 47.7 Å². The summed E-state index contributed by atoms with van der Waals surface area (Å²) in [5, 5.41) is 0.